The van der Waals surface area contributed by atoms with Gasteiger partial charge in [-0.25, -0.2) is 4.79 Å². The van der Waals surface area contributed by atoms with E-state index in [-0.39, 0.29) is 18.9 Å². The van der Waals surface area contributed by atoms with Crippen LogP contribution in [0.5, 0.6) is 5.75 Å². The topological polar surface area (TPSA) is 193 Å². The first-order valence-electron chi connectivity index (χ1n) is 11.2. The number of fused-ring (bicyclic) bond motifs is 1. The van der Waals surface area contributed by atoms with Crippen LogP contribution in [0.2, 0.25) is 0 Å². The van der Waals surface area contributed by atoms with Crippen LogP contribution in [0.25, 0.3) is 20.5 Å². The van der Waals surface area contributed by atoms with Crippen LogP contribution >= 0.6 is 11.3 Å². The second-order valence-electron chi connectivity index (χ2n) is 8.01. The van der Waals surface area contributed by atoms with Gasteiger partial charge in [-0.3, -0.25) is 14.4 Å². The Bertz CT molecular complexity index is 1270. The second-order valence-corrected chi connectivity index (χ2v) is 9.15. The third-order valence-corrected chi connectivity index (χ3v) is 6.51. The third kappa shape index (κ3) is 6.50. The van der Waals surface area contributed by atoms with Crippen LogP contribution < -0.4 is 4.74 Å². The highest BCUT2D eigenvalue weighted by atomic mass is 32.1. The predicted molar refractivity (Wildman–Crippen MR) is 129 cm³/mol. The maximum absolute atomic E-state index is 12.6. The Morgan fingerprint density at radius 1 is 1.05 bits per heavy atom. The van der Waals surface area contributed by atoms with E-state index in [0.29, 0.717) is 20.5 Å². The monoisotopic (exact) mass is 551 g/mol. The van der Waals surface area contributed by atoms with Gasteiger partial charge in [-0.05, 0) is 23.2 Å². The van der Waals surface area contributed by atoms with Crippen molar-refractivity contribution in [2.24, 2.45) is 5.11 Å². The first-order chi connectivity index (χ1) is 18.1. The molecular formula is C23H25N3O11S. The van der Waals surface area contributed by atoms with E-state index in [4.69, 9.17) is 34.0 Å². The van der Waals surface area contributed by atoms with Crippen LogP contribution in [-0.4, -0.2) is 66.8 Å². The SMILES string of the molecule is COC(=O)[C@H]1O[C@@H](Oc2ccc(CO)c3sc(CN=[N+]=[N-])cc23)[C@H](OC(C)=O)[C@@H](OC(C)=O)[C@@H]1OC(C)=O. The van der Waals surface area contributed by atoms with Crippen LogP contribution in [0.4, 0.5) is 0 Å². The van der Waals surface area contributed by atoms with Crippen molar-refractivity contribution >= 4 is 45.3 Å². The van der Waals surface area contributed by atoms with E-state index in [1.54, 1.807) is 12.1 Å². The molecule has 0 saturated carbocycles. The van der Waals surface area contributed by atoms with Crippen molar-refractivity contribution in [3.63, 3.8) is 0 Å². The Balaban J connectivity index is 2.11. The summed E-state index contributed by atoms with van der Waals surface area (Å²) in [6.45, 7) is 3.04. The average molecular weight is 552 g/mol. The fourth-order valence-corrected chi connectivity index (χ4v) is 5.01. The van der Waals surface area contributed by atoms with Gasteiger partial charge in [0.2, 0.25) is 12.4 Å². The van der Waals surface area contributed by atoms with Gasteiger partial charge in [0.15, 0.2) is 18.3 Å². The Kier molecular flexibility index (Phi) is 9.47. The fraction of sp³-hybridized carbons (Fsp3) is 0.478. The van der Waals surface area contributed by atoms with Crippen molar-refractivity contribution in [3.8, 4) is 5.75 Å². The number of aliphatic hydroxyl groups is 1. The van der Waals surface area contributed by atoms with Crippen LogP contribution in [0.3, 0.4) is 0 Å². The number of methoxy groups -OCH3 is 1. The first kappa shape index (κ1) is 28.7. The summed E-state index contributed by atoms with van der Waals surface area (Å²) in [4.78, 5) is 51.8. The number of benzene rings is 1. The summed E-state index contributed by atoms with van der Waals surface area (Å²) >= 11 is 1.27. The lowest BCUT2D eigenvalue weighted by atomic mass is 9.97. The lowest BCUT2D eigenvalue weighted by Gasteiger charge is -2.43. The zero-order chi connectivity index (χ0) is 28.0. The number of carbonyl (C=O) groups is 4. The molecule has 1 fully saturated rings. The summed E-state index contributed by atoms with van der Waals surface area (Å²) in [5.41, 5.74) is 9.24. The second kappa shape index (κ2) is 12.6. The lowest BCUT2D eigenvalue weighted by molar-refractivity contribution is -0.282. The number of esters is 4. The number of carbonyl (C=O) groups excluding carboxylic acids is 4. The van der Waals surface area contributed by atoms with E-state index < -0.39 is 54.6 Å². The summed E-state index contributed by atoms with van der Waals surface area (Å²) in [7, 11) is 1.08. The summed E-state index contributed by atoms with van der Waals surface area (Å²) < 4.78 is 33.3. The van der Waals surface area contributed by atoms with Crippen molar-refractivity contribution in [3.05, 3.63) is 39.1 Å². The number of azide groups is 1. The normalized spacial score (nSPS) is 22.6. The number of nitrogens with zero attached hydrogens (tertiary/aromatic N) is 3. The smallest absolute Gasteiger partial charge is 0.339 e. The molecule has 0 bridgehead atoms. The van der Waals surface area contributed by atoms with E-state index in [1.807, 2.05) is 0 Å². The number of ether oxygens (including phenoxy) is 6. The van der Waals surface area contributed by atoms with Crippen LogP contribution in [0.1, 0.15) is 31.2 Å². The van der Waals surface area contributed by atoms with E-state index in [0.717, 1.165) is 27.9 Å². The van der Waals surface area contributed by atoms with Crippen molar-refractivity contribution in [1.29, 1.82) is 0 Å². The largest absolute Gasteiger partial charge is 0.467 e. The van der Waals surface area contributed by atoms with Gasteiger partial charge >= 0.3 is 23.9 Å². The molecule has 15 heteroatoms. The zero-order valence-electron chi connectivity index (χ0n) is 20.8. The maximum atomic E-state index is 12.6. The van der Waals surface area contributed by atoms with E-state index in [1.165, 1.54) is 17.4 Å². The van der Waals surface area contributed by atoms with Gasteiger partial charge < -0.3 is 33.5 Å². The molecule has 1 N–H and O–H groups in total. The fourth-order valence-electron chi connectivity index (χ4n) is 3.91. The summed E-state index contributed by atoms with van der Waals surface area (Å²) in [5, 5.41) is 13.8. The summed E-state index contributed by atoms with van der Waals surface area (Å²) in [5.74, 6) is -3.20. The van der Waals surface area contributed by atoms with Crippen molar-refractivity contribution in [2.75, 3.05) is 7.11 Å². The molecule has 1 aliphatic heterocycles. The average Bonchev–Trinajstić information content (AvgIpc) is 3.29. The summed E-state index contributed by atoms with van der Waals surface area (Å²) in [6, 6.07) is 4.81. The van der Waals surface area contributed by atoms with E-state index in [2.05, 4.69) is 10.0 Å². The molecule has 3 rings (SSSR count). The number of thiophene rings is 1. The molecule has 1 aliphatic rings. The molecule has 14 nitrogen and oxygen atoms in total. The molecule has 0 unspecified atom stereocenters. The number of aliphatic hydroxyl groups excluding tert-OH is 1. The molecule has 0 spiro atoms. The van der Waals surface area contributed by atoms with Gasteiger partial charge in [0.05, 0.1) is 20.3 Å². The van der Waals surface area contributed by atoms with E-state index >= 15 is 0 Å². The summed E-state index contributed by atoms with van der Waals surface area (Å²) in [6.07, 6.45) is -7.65. The van der Waals surface area contributed by atoms with Crippen LogP contribution in [0, 0.1) is 0 Å². The van der Waals surface area contributed by atoms with Gasteiger partial charge in [-0.15, -0.1) is 11.3 Å². The maximum Gasteiger partial charge on any atom is 0.339 e. The van der Waals surface area contributed by atoms with Crippen molar-refractivity contribution in [1.82, 2.24) is 0 Å². The zero-order valence-corrected chi connectivity index (χ0v) is 21.6. The van der Waals surface area contributed by atoms with Crippen LogP contribution in [-0.2, 0) is 56.0 Å². The molecule has 0 amide bonds. The molecule has 1 aromatic heterocycles. The standard InChI is InChI=1S/C23H25N3O11S/c1-10(28)33-17-18(34-11(2)29)20(35-12(3)30)23(37-19(17)22(31)32-4)36-16-6-5-13(9-27)21-15(16)7-14(38-21)8-25-26-24/h5-7,17-20,23,27H,8-9H2,1-4H3/t17-,18-,19-,20+,23+/m0/s1. The highest BCUT2D eigenvalue weighted by Gasteiger charge is 2.55. The van der Waals surface area contributed by atoms with Crippen molar-refractivity contribution in [2.45, 2.75) is 64.6 Å². The van der Waals surface area contributed by atoms with Gasteiger partial charge in [-0.1, -0.05) is 11.2 Å². The van der Waals surface area contributed by atoms with Gasteiger partial charge in [-0.2, -0.15) is 0 Å². The third-order valence-electron chi connectivity index (χ3n) is 5.31. The minimum Gasteiger partial charge on any atom is -0.467 e. The Labute approximate surface area is 219 Å². The Hall–Kier alpha value is -3.91. The minimum absolute atomic E-state index is 0.0547. The number of rotatable bonds is 9. The molecule has 0 radical (unpaired) electrons. The molecule has 38 heavy (non-hydrogen) atoms. The lowest BCUT2D eigenvalue weighted by Crippen LogP contribution is -2.64. The molecule has 1 saturated heterocycles. The molecule has 1 aromatic carbocycles. The molecular weight excluding hydrogens is 526 g/mol. The van der Waals surface area contributed by atoms with Crippen molar-refractivity contribution < 1.29 is 52.7 Å². The Morgan fingerprint density at radius 3 is 2.26 bits per heavy atom. The molecule has 0 aliphatic carbocycles. The number of hydrogen-bond donors (Lipinski definition) is 1. The highest BCUT2D eigenvalue weighted by molar-refractivity contribution is 7.19. The van der Waals surface area contributed by atoms with Crippen LogP contribution in [0.15, 0.2) is 23.3 Å². The van der Waals surface area contributed by atoms with E-state index in [9.17, 15) is 24.3 Å². The molecule has 5 atom stereocenters. The quantitative estimate of drug-likeness (QED) is 0.158. The molecule has 2 aromatic rings. The first-order valence-corrected chi connectivity index (χ1v) is 12.0. The highest BCUT2D eigenvalue weighted by Crippen LogP contribution is 2.38. The molecule has 2 heterocycles. The molecule has 204 valence electrons. The van der Waals surface area contributed by atoms with Gasteiger partial charge in [0.25, 0.3) is 0 Å². The number of hydrogen-bond acceptors (Lipinski definition) is 13. The predicted octanol–water partition coefficient (Wildman–Crippen LogP) is 2.28. The Morgan fingerprint density at radius 2 is 1.68 bits per heavy atom. The van der Waals surface area contributed by atoms with Gasteiger partial charge in [0, 0.05) is 40.6 Å². The van der Waals surface area contributed by atoms with Gasteiger partial charge in [0.1, 0.15) is 5.75 Å². The minimum atomic E-state index is -1.61.